The SMILES string of the molecule is Cc1ccc(NC(=O)[C@H](NC[C@H]2CCCO2)c2ccccc2)cc1Cl. The Morgan fingerprint density at radius 3 is 2.76 bits per heavy atom. The van der Waals surface area contributed by atoms with Crippen molar-refractivity contribution in [1.82, 2.24) is 5.32 Å². The molecule has 0 aliphatic carbocycles. The van der Waals surface area contributed by atoms with Crippen molar-refractivity contribution >= 4 is 23.2 Å². The van der Waals surface area contributed by atoms with Gasteiger partial charge in [0.1, 0.15) is 6.04 Å². The third-order valence-electron chi connectivity index (χ3n) is 4.41. The first kappa shape index (κ1) is 17.9. The van der Waals surface area contributed by atoms with E-state index < -0.39 is 6.04 Å². The summed E-state index contributed by atoms with van der Waals surface area (Å²) in [5, 5.41) is 6.95. The molecule has 132 valence electrons. The van der Waals surface area contributed by atoms with Crippen molar-refractivity contribution in [3.8, 4) is 0 Å². The summed E-state index contributed by atoms with van der Waals surface area (Å²) in [5.41, 5.74) is 2.60. The maximum atomic E-state index is 12.9. The minimum Gasteiger partial charge on any atom is -0.377 e. The van der Waals surface area contributed by atoms with Crippen LogP contribution in [0.15, 0.2) is 48.5 Å². The van der Waals surface area contributed by atoms with Gasteiger partial charge in [-0.2, -0.15) is 0 Å². The lowest BCUT2D eigenvalue weighted by molar-refractivity contribution is -0.118. The summed E-state index contributed by atoms with van der Waals surface area (Å²) in [6, 6.07) is 14.8. The topological polar surface area (TPSA) is 50.4 Å². The number of ether oxygens (including phenoxy) is 1. The van der Waals surface area contributed by atoms with Crippen molar-refractivity contribution in [2.75, 3.05) is 18.5 Å². The Kier molecular flexibility index (Phi) is 6.08. The zero-order chi connectivity index (χ0) is 17.6. The molecular formula is C20H23ClN2O2. The third-order valence-corrected chi connectivity index (χ3v) is 4.82. The number of halogens is 1. The van der Waals surface area contributed by atoms with Crippen LogP contribution in [0.4, 0.5) is 5.69 Å². The highest BCUT2D eigenvalue weighted by molar-refractivity contribution is 6.31. The van der Waals surface area contributed by atoms with Crippen molar-refractivity contribution in [3.05, 3.63) is 64.7 Å². The van der Waals surface area contributed by atoms with Crippen LogP contribution < -0.4 is 10.6 Å². The number of amides is 1. The number of rotatable bonds is 6. The van der Waals surface area contributed by atoms with E-state index >= 15 is 0 Å². The van der Waals surface area contributed by atoms with E-state index in [9.17, 15) is 4.79 Å². The van der Waals surface area contributed by atoms with Gasteiger partial charge in [0.25, 0.3) is 0 Å². The molecule has 1 amide bonds. The Bertz CT molecular complexity index is 715. The van der Waals surface area contributed by atoms with Gasteiger partial charge in [-0.05, 0) is 43.0 Å². The highest BCUT2D eigenvalue weighted by Gasteiger charge is 2.23. The van der Waals surface area contributed by atoms with Gasteiger partial charge in [-0.25, -0.2) is 0 Å². The van der Waals surface area contributed by atoms with E-state index in [0.717, 1.165) is 30.6 Å². The molecule has 2 aromatic carbocycles. The average molecular weight is 359 g/mol. The van der Waals surface area contributed by atoms with E-state index in [-0.39, 0.29) is 12.0 Å². The molecule has 1 fully saturated rings. The molecule has 0 bridgehead atoms. The molecule has 2 aromatic rings. The van der Waals surface area contributed by atoms with Crippen molar-refractivity contribution in [1.29, 1.82) is 0 Å². The molecule has 0 radical (unpaired) electrons. The number of nitrogens with one attached hydrogen (secondary N) is 2. The lowest BCUT2D eigenvalue weighted by atomic mass is 10.1. The molecule has 1 aliphatic heterocycles. The van der Waals surface area contributed by atoms with E-state index in [1.165, 1.54) is 0 Å². The summed E-state index contributed by atoms with van der Waals surface area (Å²) in [5.74, 6) is -0.107. The predicted molar refractivity (Wildman–Crippen MR) is 101 cm³/mol. The molecule has 0 aromatic heterocycles. The monoisotopic (exact) mass is 358 g/mol. The molecule has 3 rings (SSSR count). The molecule has 1 heterocycles. The molecule has 2 N–H and O–H groups in total. The van der Waals surface area contributed by atoms with Crippen LogP contribution in [-0.2, 0) is 9.53 Å². The normalized spacial score (nSPS) is 18.1. The molecule has 0 spiro atoms. The minimum absolute atomic E-state index is 0.107. The molecule has 4 nitrogen and oxygen atoms in total. The second-order valence-corrected chi connectivity index (χ2v) is 6.75. The summed E-state index contributed by atoms with van der Waals surface area (Å²) in [7, 11) is 0. The van der Waals surface area contributed by atoms with Gasteiger partial charge in [0.15, 0.2) is 0 Å². The first-order valence-corrected chi connectivity index (χ1v) is 8.98. The fourth-order valence-corrected chi connectivity index (χ4v) is 3.13. The zero-order valence-corrected chi connectivity index (χ0v) is 15.1. The number of benzene rings is 2. The maximum Gasteiger partial charge on any atom is 0.246 e. The molecule has 25 heavy (non-hydrogen) atoms. The second kappa shape index (κ2) is 8.48. The average Bonchev–Trinajstić information content (AvgIpc) is 3.13. The Morgan fingerprint density at radius 2 is 2.08 bits per heavy atom. The van der Waals surface area contributed by atoms with Crippen LogP contribution in [0.2, 0.25) is 5.02 Å². The summed E-state index contributed by atoms with van der Waals surface area (Å²) in [6.07, 6.45) is 2.29. The van der Waals surface area contributed by atoms with Crippen LogP contribution in [0.3, 0.4) is 0 Å². The molecule has 0 saturated carbocycles. The van der Waals surface area contributed by atoms with Crippen molar-refractivity contribution < 1.29 is 9.53 Å². The van der Waals surface area contributed by atoms with Crippen LogP contribution in [0.25, 0.3) is 0 Å². The van der Waals surface area contributed by atoms with E-state index in [2.05, 4.69) is 10.6 Å². The quantitative estimate of drug-likeness (QED) is 0.817. The summed E-state index contributed by atoms with van der Waals surface area (Å²) >= 11 is 6.16. The van der Waals surface area contributed by atoms with Crippen LogP contribution >= 0.6 is 11.6 Å². The van der Waals surface area contributed by atoms with E-state index in [1.807, 2.05) is 49.4 Å². The third kappa shape index (κ3) is 4.82. The number of carbonyl (C=O) groups is 1. The number of hydrogen-bond donors (Lipinski definition) is 2. The predicted octanol–water partition coefficient (Wildman–Crippen LogP) is 4.10. The summed E-state index contributed by atoms with van der Waals surface area (Å²) in [4.78, 5) is 12.9. The standard InChI is InChI=1S/C20H23ClN2O2/c1-14-9-10-16(12-18(14)21)23-20(24)19(15-6-3-2-4-7-15)22-13-17-8-5-11-25-17/h2-4,6-7,9-10,12,17,19,22H,5,8,11,13H2,1H3,(H,23,24)/t17-,19-/m1/s1. The maximum absolute atomic E-state index is 12.9. The van der Waals surface area contributed by atoms with Gasteiger partial charge < -0.3 is 10.1 Å². The van der Waals surface area contributed by atoms with Crippen LogP contribution in [0.5, 0.6) is 0 Å². The van der Waals surface area contributed by atoms with Gasteiger partial charge in [-0.15, -0.1) is 0 Å². The van der Waals surface area contributed by atoms with E-state index in [1.54, 1.807) is 6.07 Å². The van der Waals surface area contributed by atoms with Gasteiger partial charge in [-0.1, -0.05) is 48.0 Å². The molecular weight excluding hydrogens is 336 g/mol. The Morgan fingerprint density at radius 1 is 1.28 bits per heavy atom. The van der Waals surface area contributed by atoms with E-state index in [4.69, 9.17) is 16.3 Å². The van der Waals surface area contributed by atoms with Gasteiger partial charge in [0, 0.05) is 23.9 Å². The summed E-state index contributed by atoms with van der Waals surface area (Å²) < 4.78 is 5.65. The first-order chi connectivity index (χ1) is 12.1. The van der Waals surface area contributed by atoms with Gasteiger partial charge in [0.05, 0.1) is 6.10 Å². The first-order valence-electron chi connectivity index (χ1n) is 8.60. The van der Waals surface area contributed by atoms with Gasteiger partial charge >= 0.3 is 0 Å². The number of anilines is 1. The molecule has 1 saturated heterocycles. The second-order valence-electron chi connectivity index (χ2n) is 6.34. The van der Waals surface area contributed by atoms with Crippen LogP contribution in [0.1, 0.15) is 30.0 Å². The lowest BCUT2D eigenvalue weighted by Gasteiger charge is -2.21. The van der Waals surface area contributed by atoms with Crippen molar-refractivity contribution in [2.45, 2.75) is 31.9 Å². The fraction of sp³-hybridized carbons (Fsp3) is 0.350. The molecule has 2 atom stereocenters. The molecule has 5 heteroatoms. The van der Waals surface area contributed by atoms with Crippen LogP contribution in [-0.4, -0.2) is 25.2 Å². The van der Waals surface area contributed by atoms with Crippen molar-refractivity contribution in [3.63, 3.8) is 0 Å². The number of aryl methyl sites for hydroxylation is 1. The number of carbonyl (C=O) groups excluding carboxylic acids is 1. The lowest BCUT2D eigenvalue weighted by Crippen LogP contribution is -2.37. The highest BCUT2D eigenvalue weighted by atomic mass is 35.5. The number of hydrogen-bond acceptors (Lipinski definition) is 3. The Hall–Kier alpha value is -1.88. The smallest absolute Gasteiger partial charge is 0.246 e. The van der Waals surface area contributed by atoms with Crippen LogP contribution in [0, 0.1) is 6.92 Å². The van der Waals surface area contributed by atoms with E-state index in [0.29, 0.717) is 17.3 Å². The van der Waals surface area contributed by atoms with Gasteiger partial charge in [-0.3, -0.25) is 10.1 Å². The zero-order valence-electron chi connectivity index (χ0n) is 14.3. The Labute approximate surface area is 153 Å². The fourth-order valence-electron chi connectivity index (χ4n) is 2.95. The highest BCUT2D eigenvalue weighted by Crippen LogP contribution is 2.22. The summed E-state index contributed by atoms with van der Waals surface area (Å²) in [6.45, 7) is 3.39. The largest absolute Gasteiger partial charge is 0.377 e. The minimum atomic E-state index is -0.439. The van der Waals surface area contributed by atoms with Gasteiger partial charge in [0.2, 0.25) is 5.91 Å². The Balaban J connectivity index is 1.72. The molecule has 1 aliphatic rings. The molecule has 0 unspecified atom stereocenters. The van der Waals surface area contributed by atoms with Crippen molar-refractivity contribution in [2.24, 2.45) is 0 Å².